The van der Waals surface area contributed by atoms with Crippen molar-refractivity contribution in [2.75, 3.05) is 26.4 Å². The minimum atomic E-state index is -4.76. The number of aliphatic hydroxyl groups excluding tert-OH is 1. The summed E-state index contributed by atoms with van der Waals surface area (Å²) in [6.45, 7) is 4.50. The van der Waals surface area contributed by atoms with Gasteiger partial charge in [-0.1, -0.05) is 215 Å². The van der Waals surface area contributed by atoms with Crippen LogP contribution >= 0.6 is 7.82 Å². The lowest BCUT2D eigenvalue weighted by molar-refractivity contribution is -0.161. The van der Waals surface area contributed by atoms with Crippen LogP contribution in [0.2, 0.25) is 0 Å². The van der Waals surface area contributed by atoms with Gasteiger partial charge in [-0.3, -0.25) is 23.4 Å². The molecule has 438 valence electrons. The predicted molar refractivity (Wildman–Crippen MR) is 316 cm³/mol. The SMILES string of the molecule is CCC/C=C\C/C=C\CCCCCCCC(=O)OC(CO)COP(=O)(O)OCC(COC(=O)CCCCCCCC/C=C\C/C=C\C/C=C\CCCCC)OC(=O)CCCCCCCCC/C=C\C/C=C\CCCCC. The Morgan fingerprint density at radius 3 is 1.04 bits per heavy atom. The summed E-state index contributed by atoms with van der Waals surface area (Å²) in [5.74, 6) is -1.50. The Morgan fingerprint density at radius 2 is 0.671 bits per heavy atom. The van der Waals surface area contributed by atoms with Crippen LogP contribution in [0.5, 0.6) is 0 Å². The number of ether oxygens (including phenoxy) is 3. The Kier molecular flexibility index (Phi) is 55.3. The quantitative estimate of drug-likeness (QED) is 0.0197. The van der Waals surface area contributed by atoms with Gasteiger partial charge in [0.2, 0.25) is 0 Å². The molecule has 0 saturated heterocycles. The van der Waals surface area contributed by atoms with Crippen molar-refractivity contribution in [3.63, 3.8) is 0 Å². The van der Waals surface area contributed by atoms with Crippen molar-refractivity contribution >= 4 is 25.7 Å². The van der Waals surface area contributed by atoms with Crippen molar-refractivity contribution in [2.24, 2.45) is 0 Å². The number of phosphoric ester groups is 1. The van der Waals surface area contributed by atoms with Crippen molar-refractivity contribution in [2.45, 2.75) is 277 Å². The molecular weight excluding hydrogens is 976 g/mol. The van der Waals surface area contributed by atoms with Gasteiger partial charge < -0.3 is 24.2 Å². The first-order valence-electron chi connectivity index (χ1n) is 30.5. The fourth-order valence-electron chi connectivity index (χ4n) is 8.08. The number of unbranched alkanes of at least 4 members (excludes halogenated alkanes) is 25. The third-order valence-electron chi connectivity index (χ3n) is 12.7. The van der Waals surface area contributed by atoms with Crippen LogP contribution in [0.3, 0.4) is 0 Å². The van der Waals surface area contributed by atoms with Gasteiger partial charge in [-0.2, -0.15) is 0 Å². The number of carbonyl (C=O) groups is 3. The number of rotatable bonds is 56. The zero-order chi connectivity index (χ0) is 55.5. The van der Waals surface area contributed by atoms with Crippen LogP contribution in [-0.2, 0) is 42.2 Å². The molecule has 11 nitrogen and oxygen atoms in total. The maximum atomic E-state index is 12.9. The molecule has 0 heterocycles. The summed E-state index contributed by atoms with van der Waals surface area (Å²) in [5.41, 5.74) is 0. The highest BCUT2D eigenvalue weighted by atomic mass is 31.2. The molecule has 76 heavy (non-hydrogen) atoms. The molecule has 0 aromatic rings. The van der Waals surface area contributed by atoms with Gasteiger partial charge in [0.15, 0.2) is 6.10 Å². The van der Waals surface area contributed by atoms with E-state index in [2.05, 4.69) is 106 Å². The van der Waals surface area contributed by atoms with E-state index in [-0.39, 0.29) is 25.9 Å². The van der Waals surface area contributed by atoms with E-state index >= 15 is 0 Å². The second kappa shape index (κ2) is 57.8. The van der Waals surface area contributed by atoms with Gasteiger partial charge in [0.1, 0.15) is 12.7 Å². The van der Waals surface area contributed by atoms with Crippen molar-refractivity contribution in [3.8, 4) is 0 Å². The standard InChI is InChI=1S/C64H111O11P/c1-4-7-10-13-16-19-22-25-27-29-30-32-33-36-38-41-44-47-50-53-62(66)71-57-61(75-64(68)55-52-49-46-43-40-37-34-31-28-26-23-20-17-14-11-8-5-2)59-73-76(69,70)72-58-60(56-65)74-63(67)54-51-48-45-42-39-35-24-21-18-15-12-9-6-3/h12,15-17,19-21,24-28,30,32,60-61,65H,4-11,13-14,18,22-23,29,31,33-59H2,1-3H3,(H,69,70)/b15-12-,19-16-,20-17-,24-21-,27-25-,28-26-,32-30-. The monoisotopic (exact) mass is 1090 g/mol. The smallest absolute Gasteiger partial charge is 0.462 e. The summed E-state index contributed by atoms with van der Waals surface area (Å²) in [4.78, 5) is 48.6. The van der Waals surface area contributed by atoms with Gasteiger partial charge in [-0.15, -0.1) is 0 Å². The fraction of sp³-hybridized carbons (Fsp3) is 0.734. The lowest BCUT2D eigenvalue weighted by Crippen LogP contribution is -2.30. The molecule has 0 bridgehead atoms. The molecule has 0 aromatic heterocycles. The van der Waals surface area contributed by atoms with E-state index in [1.807, 2.05) is 0 Å². The van der Waals surface area contributed by atoms with E-state index in [9.17, 15) is 28.9 Å². The van der Waals surface area contributed by atoms with Crippen molar-refractivity contribution in [3.05, 3.63) is 85.1 Å². The van der Waals surface area contributed by atoms with E-state index in [1.54, 1.807) is 0 Å². The maximum Gasteiger partial charge on any atom is 0.472 e. The fourth-order valence-corrected chi connectivity index (χ4v) is 8.86. The van der Waals surface area contributed by atoms with Crippen LogP contribution in [0.4, 0.5) is 0 Å². The summed E-state index contributed by atoms with van der Waals surface area (Å²) in [6, 6.07) is 0. The molecule has 12 heteroatoms. The molecule has 0 radical (unpaired) electrons. The molecule has 0 aliphatic heterocycles. The lowest BCUT2D eigenvalue weighted by Gasteiger charge is -2.21. The van der Waals surface area contributed by atoms with Crippen LogP contribution in [-0.4, -0.2) is 66.5 Å². The minimum Gasteiger partial charge on any atom is -0.462 e. The number of phosphoric acid groups is 1. The van der Waals surface area contributed by atoms with E-state index in [0.717, 1.165) is 141 Å². The number of hydrogen-bond donors (Lipinski definition) is 2. The third-order valence-corrected chi connectivity index (χ3v) is 13.7. The second-order valence-electron chi connectivity index (χ2n) is 20.2. The van der Waals surface area contributed by atoms with Gasteiger partial charge in [0.05, 0.1) is 19.8 Å². The van der Waals surface area contributed by atoms with Crippen molar-refractivity contribution in [1.29, 1.82) is 0 Å². The molecule has 2 N–H and O–H groups in total. The summed E-state index contributed by atoms with van der Waals surface area (Å²) in [7, 11) is -4.76. The normalized spacial score (nSPS) is 13.9. The van der Waals surface area contributed by atoms with Gasteiger partial charge in [0.25, 0.3) is 0 Å². The first-order valence-corrected chi connectivity index (χ1v) is 32.0. The molecular formula is C64H111O11P. The van der Waals surface area contributed by atoms with Gasteiger partial charge in [-0.25, -0.2) is 4.57 Å². The molecule has 0 amide bonds. The van der Waals surface area contributed by atoms with Crippen LogP contribution in [0, 0.1) is 0 Å². The topological polar surface area (TPSA) is 155 Å². The van der Waals surface area contributed by atoms with E-state index in [0.29, 0.717) is 19.3 Å². The molecule has 3 unspecified atom stereocenters. The number of esters is 3. The molecule has 0 aliphatic carbocycles. The Morgan fingerprint density at radius 1 is 0.368 bits per heavy atom. The van der Waals surface area contributed by atoms with Gasteiger partial charge in [-0.05, 0) is 116 Å². The molecule has 0 spiro atoms. The highest BCUT2D eigenvalue weighted by molar-refractivity contribution is 7.47. The molecule has 0 aromatic carbocycles. The van der Waals surface area contributed by atoms with E-state index < -0.39 is 57.8 Å². The molecule has 0 fully saturated rings. The average Bonchev–Trinajstić information content (AvgIpc) is 3.41. The van der Waals surface area contributed by atoms with E-state index in [1.165, 1.54) is 64.2 Å². The first kappa shape index (κ1) is 72.7. The Bertz CT molecular complexity index is 1600. The lowest BCUT2D eigenvalue weighted by atomic mass is 10.1. The average molecular weight is 1090 g/mol. The van der Waals surface area contributed by atoms with Crippen molar-refractivity contribution in [1.82, 2.24) is 0 Å². The van der Waals surface area contributed by atoms with Gasteiger partial charge in [0, 0.05) is 19.3 Å². The van der Waals surface area contributed by atoms with Crippen molar-refractivity contribution < 1.29 is 52.2 Å². The Hall–Kier alpha value is -3.34. The zero-order valence-corrected chi connectivity index (χ0v) is 49.3. The summed E-state index contributed by atoms with van der Waals surface area (Å²) < 4.78 is 39.6. The van der Waals surface area contributed by atoms with Crippen LogP contribution in [0.1, 0.15) is 265 Å². The molecule has 0 saturated carbocycles. The maximum absolute atomic E-state index is 12.9. The minimum absolute atomic E-state index is 0.152. The highest BCUT2D eigenvalue weighted by Gasteiger charge is 2.28. The van der Waals surface area contributed by atoms with Crippen LogP contribution in [0.25, 0.3) is 0 Å². The third kappa shape index (κ3) is 55.4. The van der Waals surface area contributed by atoms with Gasteiger partial charge >= 0.3 is 25.7 Å². The number of hydrogen-bond acceptors (Lipinski definition) is 10. The number of allylic oxidation sites excluding steroid dienone is 14. The van der Waals surface area contributed by atoms with Crippen LogP contribution in [0.15, 0.2) is 85.1 Å². The number of aliphatic hydroxyl groups is 1. The predicted octanol–water partition coefficient (Wildman–Crippen LogP) is 18.3. The molecule has 0 aliphatic rings. The van der Waals surface area contributed by atoms with Crippen LogP contribution < -0.4 is 0 Å². The molecule has 0 rings (SSSR count). The second-order valence-corrected chi connectivity index (χ2v) is 21.6. The van der Waals surface area contributed by atoms with E-state index in [4.69, 9.17) is 23.3 Å². The Labute approximate surface area is 464 Å². The summed E-state index contributed by atoms with van der Waals surface area (Å²) in [6.07, 6.45) is 66.7. The molecule has 3 atom stereocenters. The number of carbonyl (C=O) groups excluding carboxylic acids is 3. The summed E-state index contributed by atoms with van der Waals surface area (Å²) >= 11 is 0. The largest absolute Gasteiger partial charge is 0.472 e. The highest BCUT2D eigenvalue weighted by Crippen LogP contribution is 2.43. The zero-order valence-electron chi connectivity index (χ0n) is 48.5. The summed E-state index contributed by atoms with van der Waals surface area (Å²) in [5, 5.41) is 9.82. The first-order chi connectivity index (χ1) is 37.2. The Balaban J connectivity index is 4.76.